The minimum Gasteiger partial charge on any atom is -0.286 e. The second kappa shape index (κ2) is 8.43. The van der Waals surface area contributed by atoms with Gasteiger partial charge in [-0.2, -0.15) is 5.10 Å². The van der Waals surface area contributed by atoms with Crippen molar-refractivity contribution >= 4 is 28.1 Å². The Morgan fingerprint density at radius 2 is 2.00 bits per heavy atom. The van der Waals surface area contributed by atoms with E-state index in [1.165, 1.54) is 29.5 Å². The van der Waals surface area contributed by atoms with E-state index in [-0.39, 0.29) is 11.1 Å². The second-order valence-corrected chi connectivity index (χ2v) is 8.24. The number of aryl methyl sites for hydroxylation is 1. The van der Waals surface area contributed by atoms with Crippen molar-refractivity contribution in [3.05, 3.63) is 70.9 Å². The molecule has 6 nitrogen and oxygen atoms in total. The summed E-state index contributed by atoms with van der Waals surface area (Å²) in [5.41, 5.74) is 0.792. The van der Waals surface area contributed by atoms with E-state index in [0.29, 0.717) is 16.6 Å². The van der Waals surface area contributed by atoms with Crippen LogP contribution in [-0.4, -0.2) is 25.6 Å². The molecule has 0 bridgehead atoms. The van der Waals surface area contributed by atoms with Gasteiger partial charge in [0.15, 0.2) is 0 Å². The molecule has 2 N–H and O–H groups in total. The lowest BCUT2D eigenvalue weighted by molar-refractivity contribution is 0.00292. The van der Waals surface area contributed by atoms with Gasteiger partial charge in [0.25, 0.3) is 5.92 Å². The number of rotatable bonds is 6. The summed E-state index contributed by atoms with van der Waals surface area (Å²) in [4.78, 5) is 9.27. The van der Waals surface area contributed by atoms with Gasteiger partial charge in [-0.3, -0.25) is 15.8 Å². The Balaban J connectivity index is 1.61. The zero-order chi connectivity index (χ0) is 22.0. The fourth-order valence-electron chi connectivity index (χ4n) is 3.21. The Bertz CT molecular complexity index is 1310. The highest BCUT2D eigenvalue weighted by Gasteiger charge is 2.34. The van der Waals surface area contributed by atoms with E-state index in [4.69, 9.17) is 10.8 Å². The Kier molecular flexibility index (Phi) is 5.69. The number of alkyl halides is 2. The highest BCUT2D eigenvalue weighted by molar-refractivity contribution is 7.15. The quantitative estimate of drug-likeness (QED) is 0.328. The molecule has 0 aliphatic carbocycles. The zero-order valence-corrected chi connectivity index (χ0v) is 17.6. The lowest BCUT2D eigenvalue weighted by Crippen LogP contribution is -2.32. The van der Waals surface area contributed by atoms with Crippen LogP contribution in [0.4, 0.5) is 8.78 Å². The van der Waals surface area contributed by atoms with E-state index < -0.39 is 18.2 Å². The summed E-state index contributed by atoms with van der Waals surface area (Å²) in [6.07, 6.45) is 4.24. The molecule has 0 amide bonds. The number of hydrogen-bond donors (Lipinski definition) is 2. The van der Waals surface area contributed by atoms with Crippen LogP contribution in [0.1, 0.15) is 30.3 Å². The third-order valence-corrected chi connectivity index (χ3v) is 5.85. The average Bonchev–Trinajstić information content (AvgIpc) is 3.22. The van der Waals surface area contributed by atoms with Crippen molar-refractivity contribution < 1.29 is 8.78 Å². The van der Waals surface area contributed by atoms with Crippen LogP contribution in [0.5, 0.6) is 0 Å². The number of fused-ring (bicyclic) bond motifs is 1. The first-order valence-electron chi connectivity index (χ1n) is 9.78. The van der Waals surface area contributed by atoms with Crippen LogP contribution < -0.4 is 5.49 Å². The highest BCUT2D eigenvalue weighted by Crippen LogP contribution is 2.33. The third-order valence-electron chi connectivity index (χ3n) is 4.78. The van der Waals surface area contributed by atoms with Crippen LogP contribution in [0.15, 0.2) is 54.9 Å². The van der Waals surface area contributed by atoms with Crippen molar-refractivity contribution in [3.63, 3.8) is 0 Å². The molecule has 4 aromatic rings. The van der Waals surface area contributed by atoms with Gasteiger partial charge in [-0.05, 0) is 43.2 Å². The van der Waals surface area contributed by atoms with Crippen molar-refractivity contribution in [3.8, 4) is 10.6 Å². The van der Waals surface area contributed by atoms with Crippen molar-refractivity contribution in [1.29, 1.82) is 10.8 Å². The topological polar surface area (TPSA) is 91.3 Å². The number of hydrogen-bond acceptors (Lipinski definition) is 6. The first kappa shape index (κ1) is 20.9. The number of halogens is 2. The van der Waals surface area contributed by atoms with Gasteiger partial charge < -0.3 is 0 Å². The molecule has 3 heterocycles. The van der Waals surface area contributed by atoms with Crippen LogP contribution in [0.25, 0.3) is 21.5 Å². The molecule has 9 heteroatoms. The summed E-state index contributed by atoms with van der Waals surface area (Å²) in [5.74, 6) is -3.75. The molecule has 3 aromatic heterocycles. The van der Waals surface area contributed by atoms with Crippen LogP contribution in [-0.2, 0) is 12.3 Å². The van der Waals surface area contributed by atoms with Crippen molar-refractivity contribution in [2.75, 3.05) is 0 Å². The van der Waals surface area contributed by atoms with E-state index in [9.17, 15) is 8.78 Å². The number of pyridine rings is 1. The number of thiazole rings is 1. The fraction of sp³-hybridized carbons (Fsp3) is 0.227. The Labute approximate surface area is 181 Å². The third kappa shape index (κ3) is 4.41. The van der Waals surface area contributed by atoms with Gasteiger partial charge in [0.1, 0.15) is 17.0 Å². The number of aromatic nitrogens is 4. The molecule has 0 saturated heterocycles. The Hall–Kier alpha value is -3.33. The fourth-order valence-corrected chi connectivity index (χ4v) is 4.19. The van der Waals surface area contributed by atoms with Crippen LogP contribution in [0, 0.1) is 10.8 Å². The summed E-state index contributed by atoms with van der Waals surface area (Å²) in [7, 11) is 0. The Morgan fingerprint density at radius 1 is 1.16 bits per heavy atom. The lowest BCUT2D eigenvalue weighted by atomic mass is 10.0. The number of nitrogens with zero attached hydrogens (tertiary/aromatic N) is 4. The molecular weight excluding hydrogens is 418 g/mol. The van der Waals surface area contributed by atoms with E-state index in [0.717, 1.165) is 27.4 Å². The van der Waals surface area contributed by atoms with E-state index in [1.807, 2.05) is 0 Å². The van der Waals surface area contributed by atoms with Gasteiger partial charge in [-0.1, -0.05) is 19.1 Å². The van der Waals surface area contributed by atoms with Gasteiger partial charge in [-0.25, -0.2) is 18.4 Å². The van der Waals surface area contributed by atoms with E-state index in [2.05, 4.69) is 22.0 Å². The van der Waals surface area contributed by atoms with E-state index >= 15 is 0 Å². The SMILES string of the molecule is CCCc1ncc(-c2ccc(=N)n(C(=N)CC(F)(F)c3ccc4ncccc4c3)n2)s1. The number of benzene rings is 1. The monoisotopic (exact) mass is 438 g/mol. The minimum absolute atomic E-state index is 0.134. The maximum atomic E-state index is 15.0. The summed E-state index contributed by atoms with van der Waals surface area (Å²) in [6, 6.07) is 10.8. The van der Waals surface area contributed by atoms with Crippen molar-refractivity contribution in [1.82, 2.24) is 19.7 Å². The molecule has 1 aromatic carbocycles. The molecule has 4 rings (SSSR count). The predicted molar refractivity (Wildman–Crippen MR) is 117 cm³/mol. The van der Waals surface area contributed by atoms with Gasteiger partial charge in [-0.15, -0.1) is 11.3 Å². The van der Waals surface area contributed by atoms with Crippen LogP contribution >= 0.6 is 11.3 Å². The predicted octanol–water partition coefficient (Wildman–Crippen LogP) is 4.99. The molecule has 0 saturated carbocycles. The first-order chi connectivity index (χ1) is 14.9. The normalized spacial score (nSPS) is 11.7. The van der Waals surface area contributed by atoms with Crippen LogP contribution in [0.2, 0.25) is 0 Å². The summed E-state index contributed by atoms with van der Waals surface area (Å²) in [6.45, 7) is 2.07. The highest BCUT2D eigenvalue weighted by atomic mass is 32.1. The summed E-state index contributed by atoms with van der Waals surface area (Å²) >= 11 is 1.48. The van der Waals surface area contributed by atoms with Crippen molar-refractivity contribution in [2.24, 2.45) is 0 Å². The molecule has 0 fully saturated rings. The van der Waals surface area contributed by atoms with Gasteiger partial charge in [0, 0.05) is 23.3 Å². The molecule has 0 spiro atoms. The zero-order valence-electron chi connectivity index (χ0n) is 16.8. The molecule has 0 radical (unpaired) electrons. The standard InChI is InChI=1S/C22H20F2N6S/c1-2-4-21-28-13-18(31-21)17-8-9-19(25)30(29-17)20(26)12-22(23,24)15-6-7-16-14(11-15)5-3-10-27-16/h3,5-11,13,25-26H,2,4,12H2,1H3. The van der Waals surface area contributed by atoms with Crippen LogP contribution in [0.3, 0.4) is 0 Å². The largest absolute Gasteiger partial charge is 0.286 e. The van der Waals surface area contributed by atoms with Gasteiger partial charge in [0.05, 0.1) is 21.8 Å². The first-order valence-corrected chi connectivity index (χ1v) is 10.6. The smallest absolute Gasteiger partial charge is 0.280 e. The summed E-state index contributed by atoms with van der Waals surface area (Å²) in [5, 5.41) is 22.1. The summed E-state index contributed by atoms with van der Waals surface area (Å²) < 4.78 is 30.9. The molecule has 31 heavy (non-hydrogen) atoms. The minimum atomic E-state index is -3.29. The lowest BCUT2D eigenvalue weighted by Gasteiger charge is -2.18. The Morgan fingerprint density at radius 3 is 2.81 bits per heavy atom. The van der Waals surface area contributed by atoms with Gasteiger partial charge in [0.2, 0.25) is 0 Å². The maximum absolute atomic E-state index is 15.0. The molecule has 0 aliphatic rings. The number of nitrogens with one attached hydrogen (secondary N) is 2. The second-order valence-electron chi connectivity index (χ2n) is 7.12. The average molecular weight is 439 g/mol. The molecular formula is C22H20F2N6S. The molecule has 0 unspecified atom stereocenters. The van der Waals surface area contributed by atoms with Crippen molar-refractivity contribution in [2.45, 2.75) is 32.1 Å². The maximum Gasteiger partial charge on any atom is 0.280 e. The molecule has 0 atom stereocenters. The van der Waals surface area contributed by atoms with E-state index in [1.54, 1.807) is 36.7 Å². The molecule has 0 aliphatic heterocycles. The molecule has 158 valence electrons. The van der Waals surface area contributed by atoms with Gasteiger partial charge >= 0.3 is 0 Å².